The highest BCUT2D eigenvalue weighted by Gasteiger charge is 2.06. The Bertz CT molecular complexity index is 757. The summed E-state index contributed by atoms with van der Waals surface area (Å²) in [4.78, 5) is 8.55. The predicted octanol–water partition coefficient (Wildman–Crippen LogP) is 3.18. The van der Waals surface area contributed by atoms with Crippen LogP contribution in [0.2, 0.25) is 0 Å². The molecule has 29 heavy (non-hydrogen) atoms. The Balaban J connectivity index is 1.69. The average molecular weight is 402 g/mol. The van der Waals surface area contributed by atoms with Gasteiger partial charge in [-0.2, -0.15) is 0 Å². The molecule has 2 rings (SSSR count). The summed E-state index contributed by atoms with van der Waals surface area (Å²) in [6, 6.07) is 6.13. The van der Waals surface area contributed by atoms with Crippen molar-refractivity contribution in [2.45, 2.75) is 46.6 Å². The first kappa shape index (κ1) is 22.6. The lowest BCUT2D eigenvalue weighted by atomic mass is 10.1. The first-order valence-electron chi connectivity index (χ1n) is 10.5. The topological polar surface area (TPSA) is 72.7 Å². The highest BCUT2D eigenvalue weighted by atomic mass is 16.5. The molecule has 7 heteroatoms. The molecule has 0 spiro atoms. The van der Waals surface area contributed by atoms with Crippen molar-refractivity contribution in [3.63, 3.8) is 0 Å². The molecule has 0 amide bonds. The second kappa shape index (κ2) is 12.7. The normalized spacial score (nSPS) is 11.4. The van der Waals surface area contributed by atoms with Crippen molar-refractivity contribution >= 4 is 5.96 Å². The van der Waals surface area contributed by atoms with E-state index in [1.165, 1.54) is 5.56 Å². The molecule has 1 aromatic heterocycles. The highest BCUT2D eigenvalue weighted by molar-refractivity contribution is 5.79. The summed E-state index contributed by atoms with van der Waals surface area (Å²) < 4.78 is 13.5. The molecule has 0 unspecified atom stereocenters. The summed E-state index contributed by atoms with van der Waals surface area (Å²) in [5, 5.41) is 6.75. The first-order chi connectivity index (χ1) is 14.2. The van der Waals surface area contributed by atoms with Gasteiger partial charge >= 0.3 is 0 Å². The van der Waals surface area contributed by atoms with E-state index in [9.17, 15) is 0 Å². The fourth-order valence-corrected chi connectivity index (χ4v) is 3.05. The van der Waals surface area contributed by atoms with E-state index in [1.807, 2.05) is 39.2 Å². The number of benzene rings is 1. The Morgan fingerprint density at radius 2 is 1.83 bits per heavy atom. The molecule has 0 aliphatic carbocycles. The Morgan fingerprint density at radius 1 is 1.07 bits per heavy atom. The van der Waals surface area contributed by atoms with Gasteiger partial charge < -0.3 is 24.7 Å². The quantitative estimate of drug-likeness (QED) is 0.325. The smallest absolute Gasteiger partial charge is 0.190 e. The van der Waals surface area contributed by atoms with Crippen molar-refractivity contribution in [3.8, 4) is 11.5 Å². The van der Waals surface area contributed by atoms with Crippen LogP contribution < -0.4 is 20.1 Å². The van der Waals surface area contributed by atoms with Crippen molar-refractivity contribution in [3.05, 3.63) is 42.0 Å². The van der Waals surface area contributed by atoms with Crippen LogP contribution >= 0.6 is 0 Å². The number of guanidine groups is 1. The molecule has 0 saturated carbocycles. The van der Waals surface area contributed by atoms with Crippen molar-refractivity contribution in [2.75, 3.05) is 33.4 Å². The molecule has 0 atom stereocenters. The molecule has 0 saturated heterocycles. The van der Waals surface area contributed by atoms with Crippen LogP contribution in [0.25, 0.3) is 0 Å². The number of imidazole rings is 1. The third-order valence-electron chi connectivity index (χ3n) is 4.58. The number of aromatic nitrogens is 2. The van der Waals surface area contributed by atoms with Gasteiger partial charge in [-0.25, -0.2) is 4.98 Å². The number of aryl methyl sites for hydroxylation is 2. The van der Waals surface area contributed by atoms with Gasteiger partial charge in [0.15, 0.2) is 17.5 Å². The zero-order chi connectivity index (χ0) is 20.9. The third-order valence-corrected chi connectivity index (χ3v) is 4.58. The number of unbranched alkanes of at least 4 members (excludes halogenated alkanes) is 1. The monoisotopic (exact) mass is 401 g/mol. The van der Waals surface area contributed by atoms with E-state index in [4.69, 9.17) is 9.47 Å². The SMILES string of the molecule is CCOc1ccc(CCNC(=NC)NCCCCn2ccnc2C)cc1OCC. The largest absolute Gasteiger partial charge is 0.490 e. The number of nitrogens with one attached hydrogen (secondary N) is 2. The molecule has 2 aromatic rings. The molecule has 0 aliphatic rings. The Labute approximate surface area is 174 Å². The van der Waals surface area contributed by atoms with Crippen molar-refractivity contribution < 1.29 is 9.47 Å². The Kier molecular flexibility index (Phi) is 9.89. The second-order valence-corrected chi connectivity index (χ2v) is 6.70. The van der Waals surface area contributed by atoms with Gasteiger partial charge in [0.2, 0.25) is 0 Å². The van der Waals surface area contributed by atoms with Crippen LogP contribution in [0, 0.1) is 6.92 Å². The van der Waals surface area contributed by atoms with Gasteiger partial charge in [0.05, 0.1) is 13.2 Å². The van der Waals surface area contributed by atoms with E-state index in [2.05, 4.69) is 37.3 Å². The standard InChI is InChI=1S/C22H35N5O2/c1-5-28-20-10-9-19(17-21(20)29-6-2)11-13-26-22(23-4)25-12-7-8-15-27-16-14-24-18(27)3/h9-10,14,16-17H,5-8,11-13,15H2,1-4H3,(H2,23,25,26). The average Bonchev–Trinajstić information content (AvgIpc) is 3.13. The van der Waals surface area contributed by atoms with Crippen molar-refractivity contribution in [1.82, 2.24) is 20.2 Å². The van der Waals surface area contributed by atoms with Crippen LogP contribution in [0.1, 0.15) is 38.1 Å². The minimum atomic E-state index is 0.624. The molecule has 160 valence electrons. The van der Waals surface area contributed by atoms with E-state index < -0.39 is 0 Å². The molecule has 1 heterocycles. The van der Waals surface area contributed by atoms with E-state index >= 15 is 0 Å². The van der Waals surface area contributed by atoms with Gasteiger partial charge in [-0.05, 0) is 57.7 Å². The minimum Gasteiger partial charge on any atom is -0.490 e. The first-order valence-corrected chi connectivity index (χ1v) is 10.5. The fourth-order valence-electron chi connectivity index (χ4n) is 3.05. The van der Waals surface area contributed by atoms with Crippen LogP contribution in [-0.4, -0.2) is 48.9 Å². The molecule has 0 bridgehead atoms. The van der Waals surface area contributed by atoms with Gasteiger partial charge in [0.25, 0.3) is 0 Å². The Morgan fingerprint density at radius 3 is 2.52 bits per heavy atom. The van der Waals surface area contributed by atoms with Gasteiger partial charge in [0, 0.05) is 39.1 Å². The highest BCUT2D eigenvalue weighted by Crippen LogP contribution is 2.28. The lowest BCUT2D eigenvalue weighted by Gasteiger charge is -2.14. The van der Waals surface area contributed by atoms with Crippen molar-refractivity contribution in [1.29, 1.82) is 0 Å². The lowest BCUT2D eigenvalue weighted by molar-refractivity contribution is 0.287. The molecule has 1 aromatic carbocycles. The number of nitrogens with zero attached hydrogens (tertiary/aromatic N) is 3. The number of hydrogen-bond donors (Lipinski definition) is 2. The summed E-state index contributed by atoms with van der Waals surface area (Å²) in [5.74, 6) is 3.51. The molecular formula is C22H35N5O2. The molecule has 0 fully saturated rings. The molecule has 2 N–H and O–H groups in total. The second-order valence-electron chi connectivity index (χ2n) is 6.70. The van der Waals surface area contributed by atoms with Crippen LogP contribution in [-0.2, 0) is 13.0 Å². The van der Waals surface area contributed by atoms with Gasteiger partial charge in [-0.1, -0.05) is 6.07 Å². The number of hydrogen-bond acceptors (Lipinski definition) is 4. The lowest BCUT2D eigenvalue weighted by Crippen LogP contribution is -2.38. The van der Waals surface area contributed by atoms with Crippen LogP contribution in [0.4, 0.5) is 0 Å². The van der Waals surface area contributed by atoms with Crippen LogP contribution in [0.5, 0.6) is 11.5 Å². The summed E-state index contributed by atoms with van der Waals surface area (Å²) in [5.41, 5.74) is 1.20. The maximum atomic E-state index is 5.70. The summed E-state index contributed by atoms with van der Waals surface area (Å²) in [6.07, 6.45) is 6.94. The summed E-state index contributed by atoms with van der Waals surface area (Å²) >= 11 is 0. The number of aliphatic imine (C=N–C) groups is 1. The maximum Gasteiger partial charge on any atom is 0.190 e. The van der Waals surface area contributed by atoms with E-state index in [0.29, 0.717) is 13.2 Å². The van der Waals surface area contributed by atoms with E-state index in [1.54, 1.807) is 7.05 Å². The predicted molar refractivity (Wildman–Crippen MR) is 118 cm³/mol. The summed E-state index contributed by atoms with van der Waals surface area (Å²) in [7, 11) is 1.80. The van der Waals surface area contributed by atoms with Gasteiger partial charge in [0.1, 0.15) is 5.82 Å². The van der Waals surface area contributed by atoms with Gasteiger partial charge in [-0.3, -0.25) is 4.99 Å². The van der Waals surface area contributed by atoms with Crippen LogP contribution in [0.3, 0.4) is 0 Å². The van der Waals surface area contributed by atoms with Crippen LogP contribution in [0.15, 0.2) is 35.6 Å². The maximum absolute atomic E-state index is 5.70. The minimum absolute atomic E-state index is 0.624. The molecular weight excluding hydrogens is 366 g/mol. The van der Waals surface area contributed by atoms with Crippen molar-refractivity contribution in [2.24, 2.45) is 4.99 Å². The van der Waals surface area contributed by atoms with Gasteiger partial charge in [-0.15, -0.1) is 0 Å². The van der Waals surface area contributed by atoms with E-state index in [0.717, 1.165) is 62.2 Å². The summed E-state index contributed by atoms with van der Waals surface area (Å²) in [6.45, 7) is 9.94. The number of ether oxygens (including phenoxy) is 2. The number of rotatable bonds is 12. The zero-order valence-electron chi connectivity index (χ0n) is 18.2. The Hall–Kier alpha value is -2.70. The third kappa shape index (κ3) is 7.68. The van der Waals surface area contributed by atoms with E-state index in [-0.39, 0.29) is 0 Å². The zero-order valence-corrected chi connectivity index (χ0v) is 18.2. The molecule has 0 radical (unpaired) electrons. The molecule has 7 nitrogen and oxygen atoms in total. The fraction of sp³-hybridized carbons (Fsp3) is 0.545. The molecule has 0 aliphatic heterocycles.